The van der Waals surface area contributed by atoms with Crippen molar-refractivity contribution in [2.45, 2.75) is 26.2 Å². The first kappa shape index (κ1) is 11.5. The molecule has 0 heterocycles. The lowest BCUT2D eigenvalue weighted by molar-refractivity contribution is -0.120. The van der Waals surface area contributed by atoms with Crippen LogP contribution in [0.15, 0.2) is 36.4 Å². The molecule has 0 aromatic heterocycles. The maximum Gasteiger partial charge on any atom is 0.298 e. The number of rotatable bonds is 4. The van der Waals surface area contributed by atoms with Gasteiger partial charge in [-0.15, -0.1) is 0 Å². The Balaban J connectivity index is 3.23. The highest BCUT2D eigenvalue weighted by molar-refractivity contribution is 5.51. The van der Waals surface area contributed by atoms with E-state index in [1.807, 2.05) is 25.1 Å². The van der Waals surface area contributed by atoms with Crippen LogP contribution in [0.4, 0.5) is 0 Å². The lowest BCUT2D eigenvalue weighted by Crippen LogP contribution is -2.19. The first-order valence-electron chi connectivity index (χ1n) is 4.86. The molecule has 0 atom stereocenters. The van der Waals surface area contributed by atoms with Gasteiger partial charge in [-0.05, 0) is 13.0 Å². The highest BCUT2D eigenvalue weighted by atomic mass is 16.5. The van der Waals surface area contributed by atoms with Crippen LogP contribution in [-0.4, -0.2) is 6.47 Å². The second kappa shape index (κ2) is 4.30. The van der Waals surface area contributed by atoms with Gasteiger partial charge in [0.1, 0.15) is 5.75 Å². The predicted octanol–water partition coefficient (Wildman–Crippen LogP) is 3.08. The molecule has 0 radical (unpaired) electrons. The van der Waals surface area contributed by atoms with Gasteiger partial charge in [-0.1, -0.05) is 44.2 Å². The van der Waals surface area contributed by atoms with E-state index in [4.69, 9.17) is 4.74 Å². The summed E-state index contributed by atoms with van der Waals surface area (Å²) in [5, 5.41) is 0. The molecule has 0 N–H and O–H groups in total. The average Bonchev–Trinajstić information content (AvgIpc) is 2.18. The first-order chi connectivity index (χ1) is 7.00. The molecule has 0 saturated heterocycles. The van der Waals surface area contributed by atoms with E-state index in [1.165, 1.54) is 0 Å². The Hall–Kier alpha value is -1.57. The number of para-hydroxylation sites is 1. The molecule has 80 valence electrons. The molecule has 0 amide bonds. The van der Waals surface area contributed by atoms with Gasteiger partial charge < -0.3 is 4.74 Å². The van der Waals surface area contributed by atoms with E-state index in [1.54, 1.807) is 6.07 Å². The Labute approximate surface area is 90.6 Å². The van der Waals surface area contributed by atoms with Gasteiger partial charge in [0.25, 0.3) is 6.47 Å². The topological polar surface area (TPSA) is 26.3 Å². The summed E-state index contributed by atoms with van der Waals surface area (Å²) in [5.74, 6) is 0.598. The summed E-state index contributed by atoms with van der Waals surface area (Å²) in [6.07, 6.45) is 0. The lowest BCUT2D eigenvalue weighted by Gasteiger charge is -2.27. The summed E-state index contributed by atoms with van der Waals surface area (Å²) in [5.41, 5.74) is 1.81. The molecule has 2 nitrogen and oxygen atoms in total. The minimum atomic E-state index is -0.195. The van der Waals surface area contributed by atoms with Crippen molar-refractivity contribution in [2.75, 3.05) is 0 Å². The van der Waals surface area contributed by atoms with Crippen molar-refractivity contribution >= 4 is 6.47 Å². The van der Waals surface area contributed by atoms with Gasteiger partial charge in [-0.2, -0.15) is 0 Å². The molecule has 1 aromatic rings. The molecule has 1 aromatic carbocycles. The summed E-state index contributed by atoms with van der Waals surface area (Å²) >= 11 is 0. The lowest BCUT2D eigenvalue weighted by atomic mass is 9.78. The minimum absolute atomic E-state index is 0.195. The Bertz CT molecular complexity index is 378. The van der Waals surface area contributed by atoms with Gasteiger partial charge in [-0.3, -0.25) is 4.79 Å². The van der Waals surface area contributed by atoms with Crippen LogP contribution in [0.25, 0.3) is 0 Å². The second-order valence-corrected chi connectivity index (χ2v) is 4.12. The maximum absolute atomic E-state index is 10.4. The third-order valence-corrected chi connectivity index (χ3v) is 2.80. The quantitative estimate of drug-likeness (QED) is 0.556. The molecule has 0 unspecified atom stereocenters. The van der Waals surface area contributed by atoms with Crippen LogP contribution in [0.3, 0.4) is 0 Å². The highest BCUT2D eigenvalue weighted by Gasteiger charge is 2.24. The Morgan fingerprint density at radius 1 is 1.40 bits per heavy atom. The van der Waals surface area contributed by atoms with E-state index in [0.29, 0.717) is 12.2 Å². The fraction of sp³-hybridized carbons (Fsp3) is 0.308. The summed E-state index contributed by atoms with van der Waals surface area (Å²) < 4.78 is 4.95. The molecule has 15 heavy (non-hydrogen) atoms. The van der Waals surface area contributed by atoms with Crippen LogP contribution in [0.2, 0.25) is 0 Å². The molecule has 0 saturated carbocycles. The molecular formula is C13H16O2. The monoisotopic (exact) mass is 204 g/mol. The molecule has 0 aliphatic rings. The van der Waals surface area contributed by atoms with E-state index >= 15 is 0 Å². The Morgan fingerprint density at radius 2 is 2.00 bits per heavy atom. The van der Waals surface area contributed by atoms with Crippen molar-refractivity contribution in [1.82, 2.24) is 0 Å². The zero-order valence-electron chi connectivity index (χ0n) is 9.41. The average molecular weight is 204 g/mol. The van der Waals surface area contributed by atoms with Crippen molar-refractivity contribution in [3.05, 3.63) is 42.0 Å². The minimum Gasteiger partial charge on any atom is -0.428 e. The summed E-state index contributed by atoms with van der Waals surface area (Å²) in [7, 11) is 0. The molecule has 0 bridgehead atoms. The predicted molar refractivity (Wildman–Crippen MR) is 61.0 cm³/mol. The highest BCUT2D eigenvalue weighted by Crippen LogP contribution is 2.35. The van der Waals surface area contributed by atoms with Crippen LogP contribution in [0.5, 0.6) is 5.75 Å². The van der Waals surface area contributed by atoms with Gasteiger partial charge in [0.2, 0.25) is 0 Å². The first-order valence-corrected chi connectivity index (χ1v) is 4.86. The van der Waals surface area contributed by atoms with E-state index in [-0.39, 0.29) is 5.41 Å². The van der Waals surface area contributed by atoms with E-state index in [2.05, 4.69) is 20.4 Å². The summed E-state index contributed by atoms with van der Waals surface area (Å²) in [6.45, 7) is 10.5. The molecule has 0 aliphatic carbocycles. The molecule has 0 aliphatic heterocycles. The zero-order valence-corrected chi connectivity index (χ0v) is 9.41. The van der Waals surface area contributed by atoms with Gasteiger partial charge in [-0.25, -0.2) is 0 Å². The fourth-order valence-corrected chi connectivity index (χ4v) is 1.37. The number of hydrogen-bond donors (Lipinski definition) is 0. The van der Waals surface area contributed by atoms with Gasteiger partial charge >= 0.3 is 0 Å². The van der Waals surface area contributed by atoms with Gasteiger partial charge in [0.05, 0.1) is 0 Å². The molecule has 0 spiro atoms. The van der Waals surface area contributed by atoms with Gasteiger partial charge in [0.15, 0.2) is 0 Å². The molecular weight excluding hydrogens is 188 g/mol. The zero-order chi connectivity index (χ0) is 11.5. The van der Waals surface area contributed by atoms with Crippen LogP contribution in [0.1, 0.15) is 26.3 Å². The SMILES string of the molecule is C=C(C)C(C)(C)c1ccccc1OC=O. The van der Waals surface area contributed by atoms with Crippen molar-refractivity contribution < 1.29 is 9.53 Å². The van der Waals surface area contributed by atoms with E-state index in [9.17, 15) is 4.79 Å². The summed E-state index contributed by atoms with van der Waals surface area (Å²) in [4.78, 5) is 10.4. The Kier molecular flexibility index (Phi) is 3.30. The number of hydrogen-bond acceptors (Lipinski definition) is 2. The number of carbonyl (C=O) groups is 1. The van der Waals surface area contributed by atoms with Crippen molar-refractivity contribution in [2.24, 2.45) is 0 Å². The molecule has 1 rings (SSSR count). The number of benzene rings is 1. The van der Waals surface area contributed by atoms with Crippen molar-refractivity contribution in [3.8, 4) is 5.75 Å². The van der Waals surface area contributed by atoms with Crippen molar-refractivity contribution in [1.29, 1.82) is 0 Å². The largest absolute Gasteiger partial charge is 0.428 e. The third-order valence-electron chi connectivity index (χ3n) is 2.80. The van der Waals surface area contributed by atoms with Crippen LogP contribution in [-0.2, 0) is 10.2 Å². The van der Waals surface area contributed by atoms with Crippen LogP contribution >= 0.6 is 0 Å². The maximum atomic E-state index is 10.4. The smallest absolute Gasteiger partial charge is 0.298 e. The standard InChI is InChI=1S/C13H16O2/c1-10(2)13(3,4)11-7-5-6-8-12(11)15-9-14/h5-9H,1H2,2-4H3. The van der Waals surface area contributed by atoms with Crippen LogP contribution < -0.4 is 4.74 Å². The molecule has 0 fully saturated rings. The molecule has 2 heteroatoms. The number of allylic oxidation sites excluding steroid dienone is 1. The third kappa shape index (κ3) is 2.27. The second-order valence-electron chi connectivity index (χ2n) is 4.12. The van der Waals surface area contributed by atoms with Gasteiger partial charge in [0, 0.05) is 11.0 Å². The Morgan fingerprint density at radius 3 is 2.53 bits per heavy atom. The number of ether oxygens (including phenoxy) is 1. The fourth-order valence-electron chi connectivity index (χ4n) is 1.37. The number of carbonyl (C=O) groups excluding carboxylic acids is 1. The summed E-state index contributed by atoms with van der Waals surface area (Å²) in [6, 6.07) is 7.51. The van der Waals surface area contributed by atoms with E-state index < -0.39 is 0 Å². The van der Waals surface area contributed by atoms with Crippen LogP contribution in [0, 0.1) is 0 Å². The van der Waals surface area contributed by atoms with E-state index in [0.717, 1.165) is 11.1 Å². The van der Waals surface area contributed by atoms with Crippen molar-refractivity contribution in [3.63, 3.8) is 0 Å². The normalized spacial score (nSPS) is 10.9.